The Bertz CT molecular complexity index is 633. The molecule has 0 saturated heterocycles. The van der Waals surface area contributed by atoms with E-state index in [2.05, 4.69) is 5.16 Å². The SMILES string of the molecule is N/C(=N\OC(=O)CC12CC3CC(CC(C3)C1)C2)c1ccc(F)cc1. The van der Waals surface area contributed by atoms with Crippen LogP contribution in [0.5, 0.6) is 0 Å². The summed E-state index contributed by atoms with van der Waals surface area (Å²) in [6.07, 6.45) is 7.97. The van der Waals surface area contributed by atoms with Crippen LogP contribution < -0.4 is 5.73 Å². The van der Waals surface area contributed by atoms with Crippen LogP contribution in [0.15, 0.2) is 29.4 Å². The minimum absolute atomic E-state index is 0.0915. The standard InChI is InChI=1S/C19H23FN2O2/c20-16-3-1-15(2-4-16)18(21)22-24-17(23)11-19-8-12-5-13(9-19)7-14(6-12)10-19/h1-4,12-14H,5-11H2,(H2,21,22). The van der Waals surface area contributed by atoms with E-state index in [4.69, 9.17) is 10.6 Å². The molecule has 0 aromatic heterocycles. The van der Waals surface area contributed by atoms with Crippen molar-refractivity contribution in [3.63, 3.8) is 0 Å². The summed E-state index contributed by atoms with van der Waals surface area (Å²) >= 11 is 0. The zero-order valence-electron chi connectivity index (χ0n) is 13.7. The fraction of sp³-hybridized carbons (Fsp3) is 0.579. The lowest BCUT2D eigenvalue weighted by atomic mass is 9.49. The number of hydrogen-bond donors (Lipinski definition) is 1. The molecule has 128 valence electrons. The molecule has 4 saturated carbocycles. The van der Waals surface area contributed by atoms with Crippen LogP contribution in [0.25, 0.3) is 0 Å². The van der Waals surface area contributed by atoms with E-state index >= 15 is 0 Å². The zero-order valence-corrected chi connectivity index (χ0v) is 13.7. The third-order valence-corrected chi connectivity index (χ3v) is 6.07. The largest absolute Gasteiger partial charge is 0.380 e. The summed E-state index contributed by atoms with van der Waals surface area (Å²) in [7, 11) is 0. The quantitative estimate of drug-likeness (QED) is 0.397. The van der Waals surface area contributed by atoms with Crippen molar-refractivity contribution in [1.82, 2.24) is 0 Å². The van der Waals surface area contributed by atoms with Crippen LogP contribution in [0, 0.1) is 29.0 Å². The predicted molar refractivity (Wildman–Crippen MR) is 88.4 cm³/mol. The molecule has 0 spiro atoms. The first kappa shape index (κ1) is 15.6. The van der Waals surface area contributed by atoms with E-state index in [1.165, 1.54) is 43.5 Å². The van der Waals surface area contributed by atoms with Gasteiger partial charge < -0.3 is 10.6 Å². The van der Waals surface area contributed by atoms with Gasteiger partial charge in [-0.25, -0.2) is 9.18 Å². The summed E-state index contributed by atoms with van der Waals surface area (Å²) in [6.45, 7) is 0. The van der Waals surface area contributed by atoms with Gasteiger partial charge >= 0.3 is 5.97 Å². The Morgan fingerprint density at radius 3 is 2.21 bits per heavy atom. The molecule has 1 aromatic rings. The molecule has 4 nitrogen and oxygen atoms in total. The van der Waals surface area contributed by atoms with Crippen LogP contribution in [0.4, 0.5) is 4.39 Å². The molecule has 0 aliphatic heterocycles. The molecule has 4 fully saturated rings. The van der Waals surface area contributed by atoms with Gasteiger partial charge in [-0.05, 0) is 86.0 Å². The van der Waals surface area contributed by atoms with E-state index in [0.29, 0.717) is 12.0 Å². The monoisotopic (exact) mass is 330 g/mol. The van der Waals surface area contributed by atoms with Crippen LogP contribution in [0.3, 0.4) is 0 Å². The Kier molecular flexibility index (Phi) is 3.82. The molecule has 4 aliphatic carbocycles. The highest BCUT2D eigenvalue weighted by atomic mass is 19.1. The van der Waals surface area contributed by atoms with E-state index in [1.807, 2.05) is 0 Å². The minimum Gasteiger partial charge on any atom is -0.380 e. The summed E-state index contributed by atoms with van der Waals surface area (Å²) in [5.74, 6) is 1.85. The summed E-state index contributed by atoms with van der Waals surface area (Å²) in [4.78, 5) is 17.3. The summed E-state index contributed by atoms with van der Waals surface area (Å²) in [5, 5.41) is 3.74. The van der Waals surface area contributed by atoms with Crippen molar-refractivity contribution in [2.24, 2.45) is 34.1 Å². The fourth-order valence-corrected chi connectivity index (χ4v) is 5.62. The molecule has 0 amide bonds. The van der Waals surface area contributed by atoms with E-state index in [1.54, 1.807) is 0 Å². The third kappa shape index (κ3) is 3.04. The van der Waals surface area contributed by atoms with Gasteiger partial charge in [0.15, 0.2) is 5.84 Å². The summed E-state index contributed by atoms with van der Waals surface area (Å²) in [6, 6.07) is 5.63. The second-order valence-electron chi connectivity index (χ2n) is 8.04. The number of halogens is 1. The second kappa shape index (κ2) is 5.87. The van der Waals surface area contributed by atoms with Gasteiger partial charge in [-0.15, -0.1) is 0 Å². The molecule has 5 rings (SSSR count). The van der Waals surface area contributed by atoms with Crippen LogP contribution in [0.1, 0.15) is 50.5 Å². The van der Waals surface area contributed by atoms with Gasteiger partial charge in [-0.3, -0.25) is 0 Å². The highest BCUT2D eigenvalue weighted by Gasteiger charge is 2.51. The zero-order chi connectivity index (χ0) is 16.7. The Balaban J connectivity index is 1.38. The lowest BCUT2D eigenvalue weighted by molar-refractivity contribution is -0.152. The molecule has 24 heavy (non-hydrogen) atoms. The fourth-order valence-electron chi connectivity index (χ4n) is 5.62. The number of rotatable bonds is 4. The molecule has 0 atom stereocenters. The maximum absolute atomic E-state index is 12.9. The molecular weight excluding hydrogens is 307 g/mol. The van der Waals surface area contributed by atoms with Crippen molar-refractivity contribution >= 4 is 11.8 Å². The molecular formula is C19H23FN2O2. The lowest BCUT2D eigenvalue weighted by Crippen LogP contribution is -2.47. The Morgan fingerprint density at radius 1 is 1.12 bits per heavy atom. The van der Waals surface area contributed by atoms with Crippen molar-refractivity contribution in [3.05, 3.63) is 35.6 Å². The van der Waals surface area contributed by atoms with Crippen LogP contribution in [0.2, 0.25) is 0 Å². The van der Waals surface area contributed by atoms with E-state index in [0.717, 1.165) is 37.0 Å². The first-order chi connectivity index (χ1) is 11.5. The van der Waals surface area contributed by atoms with E-state index in [9.17, 15) is 9.18 Å². The highest BCUT2D eigenvalue weighted by molar-refractivity contribution is 5.97. The van der Waals surface area contributed by atoms with Crippen molar-refractivity contribution < 1.29 is 14.0 Å². The van der Waals surface area contributed by atoms with Gasteiger partial charge in [0.2, 0.25) is 0 Å². The number of amidine groups is 1. The second-order valence-corrected chi connectivity index (χ2v) is 8.04. The number of carbonyl (C=O) groups is 1. The van der Waals surface area contributed by atoms with Gasteiger partial charge in [0.05, 0.1) is 6.42 Å². The molecule has 0 unspecified atom stereocenters. The van der Waals surface area contributed by atoms with Crippen molar-refractivity contribution in [3.8, 4) is 0 Å². The molecule has 4 bridgehead atoms. The van der Waals surface area contributed by atoms with Crippen LogP contribution in [-0.4, -0.2) is 11.8 Å². The number of nitrogens with zero attached hydrogens (tertiary/aromatic N) is 1. The first-order valence-electron chi connectivity index (χ1n) is 8.81. The molecule has 0 radical (unpaired) electrons. The topological polar surface area (TPSA) is 64.7 Å². The maximum Gasteiger partial charge on any atom is 0.335 e. The van der Waals surface area contributed by atoms with Crippen molar-refractivity contribution in [2.45, 2.75) is 44.9 Å². The molecule has 5 heteroatoms. The third-order valence-electron chi connectivity index (χ3n) is 6.07. The normalized spacial score (nSPS) is 34.4. The average molecular weight is 330 g/mol. The van der Waals surface area contributed by atoms with Gasteiger partial charge in [0, 0.05) is 5.56 Å². The Labute approximate surface area is 141 Å². The number of nitrogens with two attached hydrogens (primary N) is 1. The molecule has 0 heterocycles. The highest BCUT2D eigenvalue weighted by Crippen LogP contribution is 2.61. The summed E-state index contributed by atoms with van der Waals surface area (Å²) < 4.78 is 12.9. The van der Waals surface area contributed by atoms with Crippen LogP contribution >= 0.6 is 0 Å². The Morgan fingerprint density at radius 2 is 1.67 bits per heavy atom. The lowest BCUT2D eigenvalue weighted by Gasteiger charge is -2.56. The van der Waals surface area contributed by atoms with E-state index < -0.39 is 0 Å². The minimum atomic E-state index is -0.342. The van der Waals surface area contributed by atoms with E-state index in [-0.39, 0.29) is 23.0 Å². The maximum atomic E-state index is 12.9. The number of oxime groups is 1. The van der Waals surface area contributed by atoms with Crippen LogP contribution in [-0.2, 0) is 9.63 Å². The number of carbonyl (C=O) groups excluding carboxylic acids is 1. The molecule has 4 aliphatic rings. The van der Waals surface area contributed by atoms with Gasteiger partial charge in [0.25, 0.3) is 0 Å². The smallest absolute Gasteiger partial charge is 0.335 e. The van der Waals surface area contributed by atoms with Gasteiger partial charge in [0.1, 0.15) is 5.82 Å². The predicted octanol–water partition coefficient (Wildman–Crippen LogP) is 3.60. The number of hydrogen-bond acceptors (Lipinski definition) is 3. The first-order valence-corrected chi connectivity index (χ1v) is 8.81. The Hall–Kier alpha value is -1.91. The van der Waals surface area contributed by atoms with Crippen molar-refractivity contribution in [2.75, 3.05) is 0 Å². The molecule has 2 N–H and O–H groups in total. The van der Waals surface area contributed by atoms with Gasteiger partial charge in [-0.2, -0.15) is 0 Å². The summed E-state index contributed by atoms with van der Waals surface area (Å²) in [5.41, 5.74) is 6.48. The van der Waals surface area contributed by atoms with Crippen molar-refractivity contribution in [1.29, 1.82) is 0 Å². The van der Waals surface area contributed by atoms with Gasteiger partial charge in [-0.1, -0.05) is 5.16 Å². The molecule has 1 aromatic carbocycles. The number of benzene rings is 1. The average Bonchev–Trinajstić information content (AvgIpc) is 2.51.